The van der Waals surface area contributed by atoms with Gasteiger partial charge in [0.05, 0.1) is 0 Å². The van der Waals surface area contributed by atoms with Crippen molar-refractivity contribution in [1.82, 2.24) is 4.90 Å². The molecule has 0 aliphatic carbocycles. The molecule has 0 saturated heterocycles. The summed E-state index contributed by atoms with van der Waals surface area (Å²) in [6.07, 6.45) is 2.48. The first-order valence-corrected chi connectivity index (χ1v) is 5.76. The van der Waals surface area contributed by atoms with E-state index in [0.717, 1.165) is 19.0 Å². The number of hydrogen-bond acceptors (Lipinski definition) is 2. The highest BCUT2D eigenvalue weighted by Gasteiger charge is 2.15. The van der Waals surface area contributed by atoms with Gasteiger partial charge in [-0.2, -0.15) is 0 Å². The predicted octanol–water partition coefficient (Wildman–Crippen LogP) is 2.34. The average Bonchev–Trinajstić information content (AvgIpc) is 2.11. The van der Waals surface area contributed by atoms with E-state index in [1.807, 2.05) is 0 Å². The molecule has 0 aromatic carbocycles. The van der Waals surface area contributed by atoms with Crippen LogP contribution in [0.15, 0.2) is 0 Å². The van der Waals surface area contributed by atoms with E-state index in [1.165, 1.54) is 19.4 Å². The third kappa shape index (κ3) is 7.34. The van der Waals surface area contributed by atoms with Crippen molar-refractivity contribution in [1.29, 1.82) is 0 Å². The summed E-state index contributed by atoms with van der Waals surface area (Å²) < 4.78 is 0. The Morgan fingerprint density at radius 1 is 1.21 bits per heavy atom. The minimum absolute atomic E-state index is 0.298. The van der Waals surface area contributed by atoms with Gasteiger partial charge in [-0.25, -0.2) is 0 Å². The molecule has 0 atom stereocenters. The Balaban J connectivity index is 3.58. The molecule has 86 valence electrons. The van der Waals surface area contributed by atoms with Crippen LogP contribution in [0.4, 0.5) is 0 Å². The number of hydrogen-bond donors (Lipinski definition) is 1. The Morgan fingerprint density at radius 2 is 1.79 bits per heavy atom. The lowest BCUT2D eigenvalue weighted by molar-refractivity contribution is 0.245. The van der Waals surface area contributed by atoms with Crippen LogP contribution in [0.2, 0.25) is 0 Å². The van der Waals surface area contributed by atoms with E-state index < -0.39 is 0 Å². The van der Waals surface area contributed by atoms with Gasteiger partial charge >= 0.3 is 0 Å². The van der Waals surface area contributed by atoms with E-state index in [-0.39, 0.29) is 0 Å². The molecule has 0 amide bonds. The van der Waals surface area contributed by atoms with Crippen LogP contribution in [0.5, 0.6) is 0 Å². The molecule has 0 heterocycles. The van der Waals surface area contributed by atoms with E-state index in [1.54, 1.807) is 0 Å². The van der Waals surface area contributed by atoms with Crippen LogP contribution in [-0.2, 0) is 0 Å². The smallest absolute Gasteiger partial charge is 0.00162 e. The lowest BCUT2D eigenvalue weighted by atomic mass is 9.89. The zero-order valence-electron chi connectivity index (χ0n) is 10.6. The van der Waals surface area contributed by atoms with Crippen molar-refractivity contribution in [2.75, 3.05) is 26.7 Å². The van der Waals surface area contributed by atoms with E-state index in [0.29, 0.717) is 5.41 Å². The van der Waals surface area contributed by atoms with Gasteiger partial charge in [0.1, 0.15) is 0 Å². The van der Waals surface area contributed by atoms with Gasteiger partial charge in [0.15, 0.2) is 0 Å². The molecule has 0 rings (SSSR count). The van der Waals surface area contributed by atoms with Gasteiger partial charge in [0, 0.05) is 0 Å². The minimum atomic E-state index is 0.298. The summed E-state index contributed by atoms with van der Waals surface area (Å²) in [7, 11) is 2.20. The number of nitrogens with zero attached hydrogens (tertiary/aromatic N) is 1. The molecule has 0 unspecified atom stereocenters. The fourth-order valence-corrected chi connectivity index (χ4v) is 1.19. The standard InChI is InChI=1S/C12H28N2/c1-11(2)6-8-14(5)9-7-12(3,4)10-13/h11H,6-10,13H2,1-5H3. The summed E-state index contributed by atoms with van der Waals surface area (Å²) in [5.74, 6) is 0.806. The van der Waals surface area contributed by atoms with Crippen LogP contribution in [0.1, 0.15) is 40.5 Å². The lowest BCUT2D eigenvalue weighted by Crippen LogP contribution is -2.30. The topological polar surface area (TPSA) is 29.3 Å². The summed E-state index contributed by atoms with van der Waals surface area (Å²) in [5.41, 5.74) is 5.99. The zero-order chi connectivity index (χ0) is 11.2. The first kappa shape index (κ1) is 13.9. The fraction of sp³-hybridized carbons (Fsp3) is 1.00. The first-order chi connectivity index (χ1) is 6.37. The Morgan fingerprint density at radius 3 is 2.21 bits per heavy atom. The molecular weight excluding hydrogens is 172 g/mol. The second-order valence-electron chi connectivity index (χ2n) is 5.60. The quantitative estimate of drug-likeness (QED) is 0.683. The van der Waals surface area contributed by atoms with Crippen molar-refractivity contribution in [3.63, 3.8) is 0 Å². The molecule has 0 radical (unpaired) electrons. The molecule has 0 bridgehead atoms. The molecule has 0 aromatic rings. The molecule has 2 N–H and O–H groups in total. The molecule has 0 saturated carbocycles. The molecule has 0 aliphatic rings. The largest absolute Gasteiger partial charge is 0.330 e. The van der Waals surface area contributed by atoms with E-state index in [4.69, 9.17) is 5.73 Å². The fourth-order valence-electron chi connectivity index (χ4n) is 1.19. The third-order valence-electron chi connectivity index (χ3n) is 2.81. The predicted molar refractivity (Wildman–Crippen MR) is 64.4 cm³/mol. The Hall–Kier alpha value is -0.0800. The Labute approximate surface area is 89.9 Å². The van der Waals surface area contributed by atoms with Crippen molar-refractivity contribution in [3.8, 4) is 0 Å². The Kier molecular flexibility index (Phi) is 6.38. The maximum absolute atomic E-state index is 5.70. The highest BCUT2D eigenvalue weighted by molar-refractivity contribution is 4.70. The summed E-state index contributed by atoms with van der Waals surface area (Å²) in [4.78, 5) is 2.41. The summed E-state index contributed by atoms with van der Waals surface area (Å²) in [6.45, 7) is 12.2. The van der Waals surface area contributed by atoms with E-state index in [2.05, 4.69) is 39.6 Å². The average molecular weight is 200 g/mol. The molecular formula is C12H28N2. The van der Waals surface area contributed by atoms with Crippen molar-refractivity contribution >= 4 is 0 Å². The second-order valence-corrected chi connectivity index (χ2v) is 5.60. The summed E-state index contributed by atoms with van der Waals surface area (Å²) in [6, 6.07) is 0. The van der Waals surface area contributed by atoms with Crippen molar-refractivity contribution < 1.29 is 0 Å². The molecule has 2 heteroatoms. The third-order valence-corrected chi connectivity index (χ3v) is 2.81. The van der Waals surface area contributed by atoms with Gasteiger partial charge in [0.25, 0.3) is 0 Å². The molecule has 0 fully saturated rings. The van der Waals surface area contributed by atoms with Gasteiger partial charge in [-0.05, 0) is 50.9 Å². The summed E-state index contributed by atoms with van der Waals surface area (Å²) in [5, 5.41) is 0. The first-order valence-electron chi connectivity index (χ1n) is 5.76. The van der Waals surface area contributed by atoms with Crippen LogP contribution >= 0.6 is 0 Å². The molecule has 0 aliphatic heterocycles. The normalized spacial score (nSPS) is 12.9. The van der Waals surface area contributed by atoms with Gasteiger partial charge < -0.3 is 10.6 Å². The van der Waals surface area contributed by atoms with E-state index in [9.17, 15) is 0 Å². The number of nitrogens with two attached hydrogens (primary N) is 1. The highest BCUT2D eigenvalue weighted by atomic mass is 15.1. The van der Waals surface area contributed by atoms with Crippen LogP contribution in [-0.4, -0.2) is 31.6 Å². The maximum Gasteiger partial charge on any atom is -0.00162 e. The van der Waals surface area contributed by atoms with Crippen molar-refractivity contribution in [3.05, 3.63) is 0 Å². The van der Waals surface area contributed by atoms with Gasteiger partial charge in [-0.1, -0.05) is 27.7 Å². The summed E-state index contributed by atoms with van der Waals surface area (Å²) >= 11 is 0. The minimum Gasteiger partial charge on any atom is -0.330 e. The van der Waals surface area contributed by atoms with Crippen LogP contribution in [0, 0.1) is 11.3 Å². The van der Waals surface area contributed by atoms with Crippen LogP contribution in [0.25, 0.3) is 0 Å². The SMILES string of the molecule is CC(C)CCN(C)CCC(C)(C)CN. The highest BCUT2D eigenvalue weighted by Crippen LogP contribution is 2.18. The van der Waals surface area contributed by atoms with Crippen LogP contribution < -0.4 is 5.73 Å². The van der Waals surface area contributed by atoms with Crippen molar-refractivity contribution in [2.45, 2.75) is 40.5 Å². The monoisotopic (exact) mass is 200 g/mol. The van der Waals surface area contributed by atoms with Gasteiger partial charge in [-0.3, -0.25) is 0 Å². The maximum atomic E-state index is 5.70. The van der Waals surface area contributed by atoms with Gasteiger partial charge in [-0.15, -0.1) is 0 Å². The molecule has 2 nitrogen and oxygen atoms in total. The second kappa shape index (κ2) is 6.41. The number of rotatable bonds is 7. The van der Waals surface area contributed by atoms with Crippen molar-refractivity contribution in [2.24, 2.45) is 17.1 Å². The molecule has 0 spiro atoms. The molecule has 14 heavy (non-hydrogen) atoms. The van der Waals surface area contributed by atoms with E-state index >= 15 is 0 Å². The van der Waals surface area contributed by atoms with Gasteiger partial charge in [0.2, 0.25) is 0 Å². The van der Waals surface area contributed by atoms with Crippen LogP contribution in [0.3, 0.4) is 0 Å². The Bertz CT molecular complexity index is 141. The molecule has 0 aromatic heterocycles. The zero-order valence-corrected chi connectivity index (χ0v) is 10.6. The lowest BCUT2D eigenvalue weighted by Gasteiger charge is -2.26.